The van der Waals surface area contributed by atoms with Gasteiger partial charge in [-0.25, -0.2) is 0 Å². The highest BCUT2D eigenvalue weighted by atomic mass is 16.3. The zero-order valence-corrected chi connectivity index (χ0v) is 15.1. The normalized spacial score (nSPS) is 12.8. The zero-order valence-electron chi connectivity index (χ0n) is 15.1. The number of para-hydroxylation sites is 1. The lowest BCUT2D eigenvalue weighted by Gasteiger charge is -2.18. The van der Waals surface area contributed by atoms with Crippen LogP contribution in [0.15, 0.2) is 59.0 Å². The molecule has 0 aliphatic rings. The predicted molar refractivity (Wildman–Crippen MR) is 106 cm³/mol. The number of fused-ring (bicyclic) bond motifs is 6. The van der Waals surface area contributed by atoms with Gasteiger partial charge >= 0.3 is 0 Å². The Morgan fingerprint density at radius 3 is 2.28 bits per heavy atom. The highest BCUT2D eigenvalue weighted by molar-refractivity contribution is 6.16. The van der Waals surface area contributed by atoms with Crippen molar-refractivity contribution in [1.29, 1.82) is 0 Å². The smallest absolute Gasteiger partial charge is 0.137 e. The summed E-state index contributed by atoms with van der Waals surface area (Å²) in [6.45, 7) is 6.75. The summed E-state index contributed by atoms with van der Waals surface area (Å²) in [5, 5.41) is 4.99. The maximum Gasteiger partial charge on any atom is 0.137 e. The lowest BCUT2D eigenvalue weighted by Crippen LogP contribution is -2.10. The fourth-order valence-corrected chi connectivity index (χ4v) is 3.90. The molecule has 2 aromatic heterocycles. The van der Waals surface area contributed by atoms with Gasteiger partial charge in [-0.15, -0.1) is 0 Å². The monoisotopic (exact) mass is 327 g/mol. The van der Waals surface area contributed by atoms with Crippen LogP contribution in [0.25, 0.3) is 43.7 Å². The Balaban J connectivity index is 1.94. The second kappa shape index (κ2) is 4.66. The van der Waals surface area contributed by atoms with Crippen molar-refractivity contribution in [2.24, 2.45) is 7.05 Å². The van der Waals surface area contributed by atoms with E-state index < -0.39 is 0 Å². The first-order valence-electron chi connectivity index (χ1n) is 8.77. The lowest BCUT2D eigenvalue weighted by molar-refractivity contribution is 0.590. The molecule has 2 heterocycles. The maximum absolute atomic E-state index is 6.17. The van der Waals surface area contributed by atoms with Crippen LogP contribution in [0, 0.1) is 0 Å². The Kier molecular flexibility index (Phi) is 2.72. The van der Waals surface area contributed by atoms with Crippen molar-refractivity contribution in [2.45, 2.75) is 26.2 Å². The van der Waals surface area contributed by atoms with Gasteiger partial charge in [0.25, 0.3) is 0 Å². The quantitative estimate of drug-likeness (QED) is 0.316. The van der Waals surface area contributed by atoms with E-state index in [1.165, 1.54) is 38.1 Å². The summed E-state index contributed by atoms with van der Waals surface area (Å²) in [5.41, 5.74) is 5.85. The van der Waals surface area contributed by atoms with Crippen LogP contribution in [0.4, 0.5) is 0 Å². The molecule has 25 heavy (non-hydrogen) atoms. The van der Waals surface area contributed by atoms with Crippen LogP contribution >= 0.6 is 0 Å². The number of furan rings is 1. The molecule has 3 aromatic carbocycles. The molecule has 0 bridgehead atoms. The summed E-state index contributed by atoms with van der Waals surface area (Å²) in [6, 6.07) is 19.6. The molecule has 0 fully saturated rings. The van der Waals surface area contributed by atoms with Gasteiger partial charge < -0.3 is 8.98 Å². The van der Waals surface area contributed by atoms with Gasteiger partial charge in [0.2, 0.25) is 0 Å². The zero-order chi connectivity index (χ0) is 17.3. The van der Waals surface area contributed by atoms with Crippen LogP contribution in [-0.2, 0) is 12.5 Å². The van der Waals surface area contributed by atoms with Crippen LogP contribution < -0.4 is 0 Å². The van der Waals surface area contributed by atoms with Gasteiger partial charge in [-0.3, -0.25) is 0 Å². The van der Waals surface area contributed by atoms with Crippen molar-refractivity contribution in [1.82, 2.24) is 4.57 Å². The van der Waals surface area contributed by atoms with Gasteiger partial charge in [0.05, 0.1) is 5.52 Å². The first-order valence-corrected chi connectivity index (χ1v) is 8.77. The fourth-order valence-electron chi connectivity index (χ4n) is 3.90. The van der Waals surface area contributed by atoms with Crippen molar-refractivity contribution in [3.63, 3.8) is 0 Å². The average Bonchev–Trinajstić information content (AvgIpc) is 3.08. The molecular weight excluding hydrogens is 306 g/mol. The standard InChI is InChI=1S/C23H21NO/c1-23(2,3)14-9-10-21-17(11-14)18-12-16-15-7-5-6-8-19(15)24(4)20(16)13-22(18)25-21/h5-13H,1-4H3. The van der Waals surface area contributed by atoms with Crippen molar-refractivity contribution in [2.75, 3.05) is 0 Å². The van der Waals surface area contributed by atoms with E-state index in [1.54, 1.807) is 0 Å². The molecule has 0 spiro atoms. The summed E-state index contributed by atoms with van der Waals surface area (Å²) < 4.78 is 8.41. The Hall–Kier alpha value is -2.74. The van der Waals surface area contributed by atoms with Crippen LogP contribution in [0.1, 0.15) is 26.3 Å². The van der Waals surface area contributed by atoms with Crippen molar-refractivity contribution in [3.05, 3.63) is 60.2 Å². The van der Waals surface area contributed by atoms with Gasteiger partial charge in [0.15, 0.2) is 0 Å². The van der Waals surface area contributed by atoms with Crippen molar-refractivity contribution >= 4 is 43.7 Å². The molecule has 5 aromatic rings. The minimum absolute atomic E-state index is 0.126. The molecule has 124 valence electrons. The topological polar surface area (TPSA) is 18.1 Å². The van der Waals surface area contributed by atoms with E-state index in [9.17, 15) is 0 Å². The van der Waals surface area contributed by atoms with E-state index in [4.69, 9.17) is 4.42 Å². The summed E-state index contributed by atoms with van der Waals surface area (Å²) in [6.07, 6.45) is 0. The Morgan fingerprint density at radius 2 is 1.48 bits per heavy atom. The number of hydrogen-bond acceptors (Lipinski definition) is 1. The lowest BCUT2D eigenvalue weighted by atomic mass is 9.86. The van der Waals surface area contributed by atoms with Gasteiger partial charge in [-0.1, -0.05) is 45.0 Å². The molecule has 0 saturated carbocycles. The molecular formula is C23H21NO. The molecule has 0 saturated heterocycles. The second-order valence-electron chi connectivity index (χ2n) is 8.00. The van der Waals surface area contributed by atoms with E-state index in [2.05, 4.69) is 87.0 Å². The molecule has 0 atom stereocenters. The number of nitrogens with zero attached hydrogens (tertiary/aromatic N) is 1. The first-order chi connectivity index (χ1) is 11.9. The molecule has 5 rings (SSSR count). The summed E-state index contributed by atoms with van der Waals surface area (Å²) >= 11 is 0. The third-order valence-corrected chi connectivity index (χ3v) is 5.37. The molecule has 0 aliphatic heterocycles. The molecule has 0 unspecified atom stereocenters. The van der Waals surface area contributed by atoms with Gasteiger partial charge in [0.1, 0.15) is 11.2 Å². The average molecular weight is 327 g/mol. The third kappa shape index (κ3) is 1.97. The first kappa shape index (κ1) is 14.6. The Labute approximate surface area is 146 Å². The van der Waals surface area contributed by atoms with Crippen molar-refractivity contribution in [3.8, 4) is 0 Å². The van der Waals surface area contributed by atoms with E-state index in [0.29, 0.717) is 0 Å². The van der Waals surface area contributed by atoms with E-state index >= 15 is 0 Å². The third-order valence-electron chi connectivity index (χ3n) is 5.37. The molecule has 2 heteroatoms. The number of aryl methyl sites for hydroxylation is 1. The minimum Gasteiger partial charge on any atom is -0.456 e. The predicted octanol–water partition coefficient (Wildman–Crippen LogP) is 6.53. The second-order valence-corrected chi connectivity index (χ2v) is 8.00. The minimum atomic E-state index is 0.126. The number of aromatic nitrogens is 1. The molecule has 0 aliphatic carbocycles. The van der Waals surface area contributed by atoms with Crippen LogP contribution in [0.2, 0.25) is 0 Å². The van der Waals surface area contributed by atoms with Gasteiger partial charge in [-0.05, 0) is 35.2 Å². The van der Waals surface area contributed by atoms with E-state index in [-0.39, 0.29) is 5.41 Å². The largest absolute Gasteiger partial charge is 0.456 e. The molecule has 0 N–H and O–H groups in total. The highest BCUT2D eigenvalue weighted by Gasteiger charge is 2.17. The Morgan fingerprint density at radius 1 is 0.720 bits per heavy atom. The highest BCUT2D eigenvalue weighted by Crippen LogP contribution is 2.37. The summed E-state index contributed by atoms with van der Waals surface area (Å²) in [4.78, 5) is 0. The van der Waals surface area contributed by atoms with E-state index in [0.717, 1.165) is 11.2 Å². The molecule has 2 nitrogen and oxygen atoms in total. The number of benzene rings is 3. The van der Waals surface area contributed by atoms with Gasteiger partial charge in [0, 0.05) is 40.2 Å². The molecule has 0 radical (unpaired) electrons. The van der Waals surface area contributed by atoms with Crippen molar-refractivity contribution < 1.29 is 4.42 Å². The van der Waals surface area contributed by atoms with Crippen LogP contribution in [0.5, 0.6) is 0 Å². The summed E-state index contributed by atoms with van der Waals surface area (Å²) in [7, 11) is 2.12. The fraction of sp³-hybridized carbons (Fsp3) is 0.217. The SMILES string of the molecule is Cn1c2ccccc2c2cc3c(cc21)oc1ccc(C(C)(C)C)cc13. The van der Waals surface area contributed by atoms with Crippen LogP contribution in [0.3, 0.4) is 0 Å². The van der Waals surface area contributed by atoms with E-state index in [1.807, 2.05) is 0 Å². The summed E-state index contributed by atoms with van der Waals surface area (Å²) in [5.74, 6) is 0. The van der Waals surface area contributed by atoms with Crippen LogP contribution in [-0.4, -0.2) is 4.57 Å². The number of rotatable bonds is 0. The molecule has 0 amide bonds. The van der Waals surface area contributed by atoms with Gasteiger partial charge in [-0.2, -0.15) is 0 Å². The maximum atomic E-state index is 6.17. The number of hydrogen-bond donors (Lipinski definition) is 0. The Bertz CT molecular complexity index is 1280.